The molecule has 1 aliphatic rings. The molecule has 2 amide bonds. The van der Waals surface area contributed by atoms with Crippen LogP contribution in [0.4, 0.5) is 0 Å². The van der Waals surface area contributed by atoms with Crippen LogP contribution in [-0.4, -0.2) is 35.4 Å². The molecule has 138 valence electrons. The maximum atomic E-state index is 12.6. The molecule has 0 radical (unpaired) electrons. The van der Waals surface area contributed by atoms with E-state index in [2.05, 4.69) is 11.1 Å². The van der Waals surface area contributed by atoms with Crippen molar-refractivity contribution in [2.45, 2.75) is 25.2 Å². The van der Waals surface area contributed by atoms with E-state index in [9.17, 15) is 9.59 Å². The Kier molecular flexibility index (Phi) is 4.67. The summed E-state index contributed by atoms with van der Waals surface area (Å²) < 4.78 is 5.17. The van der Waals surface area contributed by atoms with E-state index in [0.717, 1.165) is 27.8 Å². The highest BCUT2D eigenvalue weighted by atomic mass is 16.5. The molecule has 4 rings (SSSR count). The fourth-order valence-electron chi connectivity index (χ4n) is 3.79. The smallest absolute Gasteiger partial charge is 0.229 e. The molecule has 0 aliphatic carbocycles. The van der Waals surface area contributed by atoms with Gasteiger partial charge in [-0.2, -0.15) is 0 Å². The van der Waals surface area contributed by atoms with Crippen LogP contribution in [0, 0.1) is 0 Å². The highest BCUT2D eigenvalue weighted by molar-refractivity contribution is 5.98. The van der Waals surface area contributed by atoms with Crippen LogP contribution >= 0.6 is 0 Å². The first-order valence-corrected chi connectivity index (χ1v) is 9.18. The SMILES string of the molecule is COc1ccc(C2CC(=O)N(CCc3c[nH]c4ccccc34)C(=O)C2)cc1. The average molecular weight is 362 g/mol. The van der Waals surface area contributed by atoms with Crippen molar-refractivity contribution in [2.24, 2.45) is 0 Å². The van der Waals surface area contributed by atoms with Gasteiger partial charge in [0.25, 0.3) is 0 Å². The number of rotatable bonds is 5. The van der Waals surface area contributed by atoms with Crippen molar-refractivity contribution < 1.29 is 14.3 Å². The van der Waals surface area contributed by atoms with Gasteiger partial charge in [0.2, 0.25) is 11.8 Å². The Morgan fingerprint density at radius 1 is 1.04 bits per heavy atom. The van der Waals surface area contributed by atoms with Gasteiger partial charge in [-0.25, -0.2) is 0 Å². The minimum Gasteiger partial charge on any atom is -0.497 e. The summed E-state index contributed by atoms with van der Waals surface area (Å²) in [4.78, 5) is 29.9. The van der Waals surface area contributed by atoms with Gasteiger partial charge in [0, 0.05) is 42.4 Å². The van der Waals surface area contributed by atoms with Crippen LogP contribution in [0.1, 0.15) is 29.9 Å². The number of para-hydroxylation sites is 1. The number of fused-ring (bicyclic) bond motifs is 1. The van der Waals surface area contributed by atoms with Crippen molar-refractivity contribution in [1.29, 1.82) is 0 Å². The summed E-state index contributed by atoms with van der Waals surface area (Å²) in [5.41, 5.74) is 3.21. The molecule has 1 aliphatic heterocycles. The summed E-state index contributed by atoms with van der Waals surface area (Å²) in [6, 6.07) is 15.7. The van der Waals surface area contributed by atoms with Crippen LogP contribution in [0.2, 0.25) is 0 Å². The molecule has 5 heteroatoms. The number of aromatic nitrogens is 1. The fourth-order valence-corrected chi connectivity index (χ4v) is 3.79. The van der Waals surface area contributed by atoms with Gasteiger partial charge < -0.3 is 9.72 Å². The number of likely N-dealkylation sites (tertiary alicyclic amines) is 1. The second kappa shape index (κ2) is 7.27. The van der Waals surface area contributed by atoms with Crippen LogP contribution in [0.25, 0.3) is 10.9 Å². The number of amides is 2. The van der Waals surface area contributed by atoms with Crippen LogP contribution in [0.5, 0.6) is 5.75 Å². The van der Waals surface area contributed by atoms with Gasteiger partial charge in [-0.3, -0.25) is 14.5 Å². The highest BCUT2D eigenvalue weighted by Crippen LogP contribution is 2.31. The molecule has 0 unspecified atom stereocenters. The molecular formula is C22H22N2O3. The van der Waals surface area contributed by atoms with E-state index in [4.69, 9.17) is 4.74 Å². The zero-order chi connectivity index (χ0) is 18.8. The number of aromatic amines is 1. The van der Waals surface area contributed by atoms with E-state index in [1.165, 1.54) is 4.90 Å². The van der Waals surface area contributed by atoms with E-state index in [0.29, 0.717) is 25.8 Å². The van der Waals surface area contributed by atoms with Crippen LogP contribution < -0.4 is 4.74 Å². The normalized spacial score (nSPS) is 15.5. The summed E-state index contributed by atoms with van der Waals surface area (Å²) in [5.74, 6) is 0.534. The number of hydrogen-bond acceptors (Lipinski definition) is 3. The standard InChI is InChI=1S/C22H22N2O3/c1-27-18-8-6-15(7-9-18)17-12-21(25)24(22(26)13-17)11-10-16-14-23-20-5-3-2-4-19(16)20/h2-9,14,17,23H,10-13H2,1H3. The average Bonchev–Trinajstić information content (AvgIpc) is 3.10. The largest absolute Gasteiger partial charge is 0.497 e. The first kappa shape index (κ1) is 17.3. The Balaban J connectivity index is 1.43. The Morgan fingerprint density at radius 3 is 2.44 bits per heavy atom. The molecular weight excluding hydrogens is 340 g/mol. The molecule has 2 aromatic carbocycles. The lowest BCUT2D eigenvalue weighted by Crippen LogP contribution is -2.43. The molecule has 0 spiro atoms. The topological polar surface area (TPSA) is 62.4 Å². The minimum absolute atomic E-state index is 0.0553. The number of H-pyrrole nitrogens is 1. The third-order valence-electron chi connectivity index (χ3n) is 5.31. The molecule has 0 bridgehead atoms. The van der Waals surface area contributed by atoms with E-state index >= 15 is 0 Å². The zero-order valence-corrected chi connectivity index (χ0v) is 15.3. The quantitative estimate of drug-likeness (QED) is 0.705. The zero-order valence-electron chi connectivity index (χ0n) is 15.3. The Morgan fingerprint density at radius 2 is 1.74 bits per heavy atom. The predicted molar refractivity (Wildman–Crippen MR) is 104 cm³/mol. The second-order valence-electron chi connectivity index (χ2n) is 6.93. The maximum absolute atomic E-state index is 12.6. The van der Waals surface area contributed by atoms with Gasteiger partial charge in [-0.15, -0.1) is 0 Å². The number of imide groups is 1. The lowest BCUT2D eigenvalue weighted by atomic mass is 9.88. The summed E-state index contributed by atoms with van der Waals surface area (Å²) >= 11 is 0. The van der Waals surface area contributed by atoms with E-state index in [-0.39, 0.29) is 17.7 Å². The summed E-state index contributed by atoms with van der Waals surface area (Å²) in [6.45, 7) is 0.425. The van der Waals surface area contributed by atoms with Crippen molar-refractivity contribution in [3.8, 4) is 5.75 Å². The molecule has 5 nitrogen and oxygen atoms in total. The summed E-state index contributed by atoms with van der Waals surface area (Å²) in [6.07, 6.45) is 3.36. The molecule has 0 atom stereocenters. The van der Waals surface area contributed by atoms with Crippen LogP contribution in [-0.2, 0) is 16.0 Å². The first-order chi connectivity index (χ1) is 13.2. The van der Waals surface area contributed by atoms with Crippen LogP contribution in [0.15, 0.2) is 54.7 Å². The minimum atomic E-state index is -0.0908. The maximum Gasteiger partial charge on any atom is 0.229 e. The second-order valence-corrected chi connectivity index (χ2v) is 6.93. The van der Waals surface area contributed by atoms with Gasteiger partial charge in [0.1, 0.15) is 5.75 Å². The van der Waals surface area contributed by atoms with Crippen molar-refractivity contribution in [3.05, 3.63) is 65.9 Å². The summed E-state index contributed by atoms with van der Waals surface area (Å²) in [5, 5.41) is 1.14. The first-order valence-electron chi connectivity index (χ1n) is 9.18. The number of benzene rings is 2. The number of nitrogens with one attached hydrogen (secondary N) is 1. The van der Waals surface area contributed by atoms with E-state index in [1.807, 2.05) is 48.7 Å². The monoisotopic (exact) mass is 362 g/mol. The summed E-state index contributed by atoms with van der Waals surface area (Å²) in [7, 11) is 1.62. The van der Waals surface area contributed by atoms with Gasteiger partial charge in [0.05, 0.1) is 7.11 Å². The van der Waals surface area contributed by atoms with Gasteiger partial charge in [-0.05, 0) is 35.7 Å². The number of piperidine rings is 1. The number of carbonyl (C=O) groups is 2. The van der Waals surface area contributed by atoms with E-state index in [1.54, 1.807) is 7.11 Å². The highest BCUT2D eigenvalue weighted by Gasteiger charge is 2.33. The third-order valence-corrected chi connectivity index (χ3v) is 5.31. The van der Waals surface area contributed by atoms with Crippen molar-refractivity contribution in [2.75, 3.05) is 13.7 Å². The molecule has 0 saturated carbocycles. The lowest BCUT2D eigenvalue weighted by Gasteiger charge is -2.30. The number of ether oxygens (including phenoxy) is 1. The number of carbonyl (C=O) groups excluding carboxylic acids is 2. The number of hydrogen-bond donors (Lipinski definition) is 1. The van der Waals surface area contributed by atoms with Crippen molar-refractivity contribution in [3.63, 3.8) is 0 Å². The van der Waals surface area contributed by atoms with Gasteiger partial charge in [0.15, 0.2) is 0 Å². The Hall–Kier alpha value is -3.08. The Bertz CT molecular complexity index is 957. The molecule has 1 aromatic heterocycles. The van der Waals surface area contributed by atoms with E-state index < -0.39 is 0 Å². The van der Waals surface area contributed by atoms with Crippen molar-refractivity contribution in [1.82, 2.24) is 9.88 Å². The number of methoxy groups -OCH3 is 1. The van der Waals surface area contributed by atoms with Crippen molar-refractivity contribution >= 4 is 22.7 Å². The molecule has 27 heavy (non-hydrogen) atoms. The Labute approximate surface area is 157 Å². The number of nitrogens with zero attached hydrogens (tertiary/aromatic N) is 1. The molecule has 1 saturated heterocycles. The lowest BCUT2D eigenvalue weighted by molar-refractivity contribution is -0.148. The van der Waals surface area contributed by atoms with Gasteiger partial charge in [-0.1, -0.05) is 30.3 Å². The van der Waals surface area contributed by atoms with Gasteiger partial charge >= 0.3 is 0 Å². The van der Waals surface area contributed by atoms with Crippen LogP contribution in [0.3, 0.4) is 0 Å². The molecule has 2 heterocycles. The predicted octanol–water partition coefficient (Wildman–Crippen LogP) is 3.65. The molecule has 1 fully saturated rings. The molecule has 3 aromatic rings. The fraction of sp³-hybridized carbons (Fsp3) is 0.273. The third kappa shape index (κ3) is 3.45. The molecule has 1 N–H and O–H groups in total.